The van der Waals surface area contributed by atoms with E-state index in [2.05, 4.69) is 39.7 Å². The number of aromatic nitrogens is 2. The van der Waals surface area contributed by atoms with Crippen molar-refractivity contribution >= 4 is 0 Å². The zero-order valence-corrected chi connectivity index (χ0v) is 11.6. The van der Waals surface area contributed by atoms with Gasteiger partial charge in [-0.2, -0.15) is 4.98 Å². The third-order valence-electron chi connectivity index (χ3n) is 4.09. The molecule has 1 saturated carbocycles. The zero-order chi connectivity index (χ0) is 13.5. The zero-order valence-electron chi connectivity index (χ0n) is 11.6. The van der Waals surface area contributed by atoms with Gasteiger partial charge in [0.15, 0.2) is 5.82 Å². The molecule has 3 rings (SSSR count). The van der Waals surface area contributed by atoms with E-state index in [9.17, 15) is 0 Å². The van der Waals surface area contributed by atoms with E-state index in [0.717, 1.165) is 18.7 Å². The maximum absolute atomic E-state index is 5.44. The topological polar surface area (TPSA) is 51.0 Å². The minimum Gasteiger partial charge on any atom is -0.337 e. The number of nitrogens with one attached hydrogen (secondary N) is 1. The third kappa shape index (κ3) is 1.96. The van der Waals surface area contributed by atoms with Crippen LogP contribution < -0.4 is 5.32 Å². The van der Waals surface area contributed by atoms with Crippen LogP contribution in [0.5, 0.6) is 0 Å². The molecule has 4 nitrogen and oxygen atoms in total. The van der Waals surface area contributed by atoms with Crippen LogP contribution in [0.3, 0.4) is 0 Å². The quantitative estimate of drug-likeness (QED) is 0.914. The van der Waals surface area contributed by atoms with E-state index in [4.69, 9.17) is 4.52 Å². The third-order valence-corrected chi connectivity index (χ3v) is 4.09. The van der Waals surface area contributed by atoms with E-state index < -0.39 is 0 Å². The van der Waals surface area contributed by atoms with Crippen LogP contribution in [0.15, 0.2) is 34.9 Å². The molecule has 1 aromatic heterocycles. The molecule has 1 N–H and O–H groups in total. The van der Waals surface area contributed by atoms with E-state index in [-0.39, 0.29) is 11.0 Å². The lowest BCUT2D eigenvalue weighted by molar-refractivity contribution is 0.279. The summed E-state index contributed by atoms with van der Waals surface area (Å²) in [5.74, 6) is 1.46. The van der Waals surface area contributed by atoms with Crippen molar-refractivity contribution in [2.24, 2.45) is 0 Å². The molecular formula is C15H19N3O. The average molecular weight is 257 g/mol. The molecule has 1 aliphatic carbocycles. The lowest BCUT2D eigenvalue weighted by Crippen LogP contribution is -2.33. The molecule has 1 fully saturated rings. The highest BCUT2D eigenvalue weighted by Crippen LogP contribution is 2.52. The van der Waals surface area contributed by atoms with E-state index in [0.29, 0.717) is 5.89 Å². The Balaban J connectivity index is 1.96. The summed E-state index contributed by atoms with van der Waals surface area (Å²) in [6.45, 7) is 4.07. The number of benzene rings is 1. The summed E-state index contributed by atoms with van der Waals surface area (Å²) in [5, 5.41) is 7.40. The normalized spacial score (nSPS) is 17.4. The first-order chi connectivity index (χ1) is 9.08. The molecule has 0 spiro atoms. The molecule has 0 amide bonds. The Bertz CT molecular complexity index is 570. The molecule has 0 bridgehead atoms. The number of rotatable bonds is 4. The highest BCUT2D eigenvalue weighted by molar-refractivity contribution is 5.38. The van der Waals surface area contributed by atoms with Crippen molar-refractivity contribution in [1.29, 1.82) is 0 Å². The molecule has 19 heavy (non-hydrogen) atoms. The van der Waals surface area contributed by atoms with Gasteiger partial charge in [0.1, 0.15) is 0 Å². The molecule has 0 saturated heterocycles. The Hall–Kier alpha value is -1.68. The Labute approximate surface area is 113 Å². The van der Waals surface area contributed by atoms with E-state index in [1.54, 1.807) is 0 Å². The number of hydrogen-bond donors (Lipinski definition) is 1. The predicted octanol–water partition coefficient (Wildman–Crippen LogP) is 2.60. The average Bonchev–Trinajstić information content (AvgIpc) is 3.09. The molecule has 0 aliphatic heterocycles. The van der Waals surface area contributed by atoms with Gasteiger partial charge in [-0.25, -0.2) is 0 Å². The summed E-state index contributed by atoms with van der Waals surface area (Å²) in [4.78, 5) is 4.62. The van der Waals surface area contributed by atoms with Crippen LogP contribution in [0.2, 0.25) is 0 Å². The lowest BCUT2D eigenvalue weighted by Gasteiger charge is -2.18. The Kier molecular flexibility index (Phi) is 2.71. The van der Waals surface area contributed by atoms with Crippen molar-refractivity contribution in [3.63, 3.8) is 0 Å². The molecule has 2 aromatic rings. The predicted molar refractivity (Wildman–Crippen MR) is 72.8 cm³/mol. The van der Waals surface area contributed by atoms with Crippen LogP contribution in [-0.2, 0) is 11.0 Å². The molecule has 1 heterocycles. The molecule has 0 radical (unpaired) electrons. The van der Waals surface area contributed by atoms with Crippen molar-refractivity contribution in [2.75, 3.05) is 7.05 Å². The van der Waals surface area contributed by atoms with Crippen molar-refractivity contribution in [1.82, 2.24) is 15.5 Å². The van der Waals surface area contributed by atoms with Crippen molar-refractivity contribution in [2.45, 2.75) is 37.6 Å². The van der Waals surface area contributed by atoms with Crippen LogP contribution in [0.25, 0.3) is 0 Å². The molecule has 100 valence electrons. The van der Waals surface area contributed by atoms with Gasteiger partial charge in [0.25, 0.3) is 0 Å². The first-order valence-electron chi connectivity index (χ1n) is 6.68. The molecule has 0 atom stereocenters. The smallest absolute Gasteiger partial charge is 0.246 e. The van der Waals surface area contributed by atoms with Gasteiger partial charge in [-0.1, -0.05) is 35.5 Å². The fourth-order valence-electron chi connectivity index (χ4n) is 2.30. The van der Waals surface area contributed by atoms with Gasteiger partial charge in [-0.15, -0.1) is 0 Å². The number of hydrogen-bond acceptors (Lipinski definition) is 4. The summed E-state index contributed by atoms with van der Waals surface area (Å²) in [6, 6.07) is 10.5. The fourth-order valence-corrected chi connectivity index (χ4v) is 2.30. The van der Waals surface area contributed by atoms with Crippen LogP contribution in [0.4, 0.5) is 0 Å². The first-order valence-corrected chi connectivity index (χ1v) is 6.68. The monoisotopic (exact) mass is 257 g/mol. The Morgan fingerprint density at radius 3 is 2.47 bits per heavy atom. The minimum absolute atomic E-state index is 0.0210. The highest BCUT2D eigenvalue weighted by Gasteiger charge is 2.50. The summed E-state index contributed by atoms with van der Waals surface area (Å²) in [6.07, 6.45) is 2.19. The van der Waals surface area contributed by atoms with E-state index >= 15 is 0 Å². The molecule has 1 aliphatic rings. The SMILES string of the molecule is CNC(C)(C)c1nc(C2(c3ccccc3)CC2)no1. The van der Waals surface area contributed by atoms with Gasteiger partial charge in [-0.05, 0) is 39.3 Å². The second-order valence-corrected chi connectivity index (χ2v) is 5.75. The van der Waals surface area contributed by atoms with E-state index in [1.807, 2.05) is 27.0 Å². The molecule has 0 unspecified atom stereocenters. The van der Waals surface area contributed by atoms with Crippen LogP contribution in [0.1, 0.15) is 44.0 Å². The van der Waals surface area contributed by atoms with Gasteiger partial charge in [0, 0.05) is 0 Å². The summed E-state index contributed by atoms with van der Waals surface area (Å²) >= 11 is 0. The van der Waals surface area contributed by atoms with Crippen LogP contribution >= 0.6 is 0 Å². The second kappa shape index (κ2) is 4.17. The maximum Gasteiger partial charge on any atom is 0.246 e. The summed E-state index contributed by atoms with van der Waals surface area (Å²) in [7, 11) is 1.90. The number of nitrogens with zero attached hydrogens (tertiary/aromatic N) is 2. The Morgan fingerprint density at radius 2 is 1.89 bits per heavy atom. The first kappa shape index (κ1) is 12.4. The van der Waals surface area contributed by atoms with Crippen molar-refractivity contribution < 1.29 is 4.52 Å². The Morgan fingerprint density at radius 1 is 1.21 bits per heavy atom. The fraction of sp³-hybridized carbons (Fsp3) is 0.467. The van der Waals surface area contributed by atoms with Crippen LogP contribution in [0, 0.1) is 0 Å². The molecule has 4 heteroatoms. The minimum atomic E-state index is -0.294. The van der Waals surface area contributed by atoms with Gasteiger partial charge in [-0.3, -0.25) is 0 Å². The summed E-state index contributed by atoms with van der Waals surface area (Å²) in [5.41, 5.74) is 0.967. The molecular weight excluding hydrogens is 238 g/mol. The van der Waals surface area contributed by atoms with Gasteiger partial charge >= 0.3 is 0 Å². The second-order valence-electron chi connectivity index (χ2n) is 5.75. The van der Waals surface area contributed by atoms with Crippen LogP contribution in [-0.4, -0.2) is 17.2 Å². The standard InChI is InChI=1S/C15H19N3O/c1-14(2,16-3)13-17-12(18-19-13)15(9-10-15)11-7-5-4-6-8-11/h4-8,16H,9-10H2,1-3H3. The van der Waals surface area contributed by atoms with Crippen molar-refractivity contribution in [3.05, 3.63) is 47.6 Å². The van der Waals surface area contributed by atoms with E-state index in [1.165, 1.54) is 5.56 Å². The maximum atomic E-state index is 5.44. The molecule has 1 aromatic carbocycles. The van der Waals surface area contributed by atoms with Crippen molar-refractivity contribution in [3.8, 4) is 0 Å². The lowest BCUT2D eigenvalue weighted by atomic mass is 9.95. The van der Waals surface area contributed by atoms with Gasteiger partial charge in [0.05, 0.1) is 11.0 Å². The largest absolute Gasteiger partial charge is 0.337 e. The van der Waals surface area contributed by atoms with Gasteiger partial charge < -0.3 is 9.84 Å². The van der Waals surface area contributed by atoms with Gasteiger partial charge in [0.2, 0.25) is 5.89 Å². The highest BCUT2D eigenvalue weighted by atomic mass is 16.5. The summed E-state index contributed by atoms with van der Waals surface area (Å²) < 4.78 is 5.44.